The zero-order valence-electron chi connectivity index (χ0n) is 4.81. The summed E-state index contributed by atoms with van der Waals surface area (Å²) in [6, 6.07) is 5.20. The molecule has 4 heteroatoms. The van der Waals surface area contributed by atoms with Crippen molar-refractivity contribution in [3.8, 4) is 6.07 Å². The molecule has 1 heterocycles. The van der Waals surface area contributed by atoms with Crippen LogP contribution in [0, 0.1) is 11.3 Å². The second kappa shape index (κ2) is 3.00. The van der Waals surface area contributed by atoms with E-state index in [4.69, 9.17) is 16.9 Å². The average Bonchev–Trinajstić information content (AvgIpc) is 1.94. The van der Waals surface area contributed by atoms with Crippen LogP contribution < -0.4 is 0 Å². The zero-order chi connectivity index (χ0) is 7.56. The lowest BCUT2D eigenvalue weighted by molar-refractivity contribution is 1.24. The summed E-state index contributed by atoms with van der Waals surface area (Å²) in [4.78, 5) is 3.75. The van der Waals surface area contributed by atoms with Crippen LogP contribution >= 0.6 is 27.5 Å². The number of nitriles is 1. The molecule has 0 N–H and O–H groups in total. The minimum atomic E-state index is 0.313. The van der Waals surface area contributed by atoms with E-state index < -0.39 is 0 Å². The van der Waals surface area contributed by atoms with E-state index in [0.717, 1.165) is 0 Å². The number of halogens is 2. The van der Waals surface area contributed by atoms with Crippen LogP contribution in [0.25, 0.3) is 0 Å². The van der Waals surface area contributed by atoms with Crippen molar-refractivity contribution in [3.05, 3.63) is 27.5 Å². The molecule has 0 aliphatic carbocycles. The van der Waals surface area contributed by atoms with E-state index in [1.807, 2.05) is 6.07 Å². The highest BCUT2D eigenvalue weighted by Crippen LogP contribution is 2.15. The normalized spacial score (nSPS) is 8.90. The molecule has 0 fully saturated rings. The molecule has 0 aliphatic heterocycles. The van der Waals surface area contributed by atoms with E-state index in [2.05, 4.69) is 20.9 Å². The third kappa shape index (κ3) is 1.47. The van der Waals surface area contributed by atoms with Gasteiger partial charge in [0, 0.05) is 0 Å². The average molecular weight is 217 g/mol. The molecule has 0 bridgehead atoms. The number of pyridine rings is 1. The number of hydrogen-bond donors (Lipinski definition) is 0. The van der Waals surface area contributed by atoms with Crippen molar-refractivity contribution >= 4 is 27.5 Å². The molecule has 1 rings (SSSR count). The Bertz CT molecular complexity index is 292. The summed E-state index contributed by atoms with van der Waals surface area (Å²) >= 11 is 8.66. The maximum absolute atomic E-state index is 8.44. The lowest BCUT2D eigenvalue weighted by Gasteiger charge is -1.92. The van der Waals surface area contributed by atoms with Gasteiger partial charge in [0.2, 0.25) is 0 Å². The highest BCUT2D eigenvalue weighted by atomic mass is 79.9. The van der Waals surface area contributed by atoms with Crippen LogP contribution in [0.5, 0.6) is 0 Å². The van der Waals surface area contributed by atoms with E-state index in [1.165, 1.54) is 0 Å². The van der Waals surface area contributed by atoms with Crippen LogP contribution in [-0.4, -0.2) is 4.98 Å². The van der Waals surface area contributed by atoms with Crippen LogP contribution in [0.1, 0.15) is 5.69 Å². The number of rotatable bonds is 0. The first-order valence-electron chi connectivity index (χ1n) is 2.46. The van der Waals surface area contributed by atoms with Gasteiger partial charge in [-0.05, 0) is 28.1 Å². The Morgan fingerprint density at radius 3 is 2.80 bits per heavy atom. The summed E-state index contributed by atoms with van der Waals surface area (Å²) in [6.45, 7) is 0. The third-order valence-electron chi connectivity index (χ3n) is 0.918. The summed E-state index contributed by atoms with van der Waals surface area (Å²) in [6.07, 6.45) is 0. The van der Waals surface area contributed by atoms with E-state index in [-0.39, 0.29) is 0 Å². The van der Waals surface area contributed by atoms with E-state index >= 15 is 0 Å². The smallest absolute Gasteiger partial charge is 0.156 e. The second-order valence-corrected chi connectivity index (χ2v) is 2.82. The maximum Gasteiger partial charge on any atom is 0.156 e. The summed E-state index contributed by atoms with van der Waals surface area (Å²) < 4.78 is 0.666. The first kappa shape index (κ1) is 7.52. The van der Waals surface area contributed by atoms with Crippen molar-refractivity contribution in [2.75, 3.05) is 0 Å². The molecule has 2 nitrogen and oxygen atoms in total. The van der Waals surface area contributed by atoms with Crippen molar-refractivity contribution in [1.29, 1.82) is 5.26 Å². The predicted octanol–water partition coefficient (Wildman–Crippen LogP) is 2.37. The summed E-state index contributed by atoms with van der Waals surface area (Å²) in [5.41, 5.74) is 0.313. The molecule has 0 radical (unpaired) electrons. The molecule has 0 amide bonds. The van der Waals surface area contributed by atoms with Gasteiger partial charge in [-0.2, -0.15) is 5.26 Å². The number of hydrogen-bond acceptors (Lipinski definition) is 2. The van der Waals surface area contributed by atoms with Crippen molar-refractivity contribution < 1.29 is 0 Å². The Morgan fingerprint density at radius 2 is 2.30 bits per heavy atom. The lowest BCUT2D eigenvalue weighted by Crippen LogP contribution is -1.83. The molecule has 0 unspecified atom stereocenters. The highest BCUT2D eigenvalue weighted by Gasteiger charge is 1.98. The Hall–Kier alpha value is -0.590. The Labute approximate surface area is 71.6 Å². The van der Waals surface area contributed by atoms with Crippen molar-refractivity contribution in [1.82, 2.24) is 4.98 Å². The van der Waals surface area contributed by atoms with Crippen LogP contribution in [-0.2, 0) is 0 Å². The first-order valence-corrected chi connectivity index (χ1v) is 3.63. The van der Waals surface area contributed by atoms with Gasteiger partial charge in [0.15, 0.2) is 5.69 Å². The van der Waals surface area contributed by atoms with Crippen LogP contribution in [0.2, 0.25) is 5.15 Å². The van der Waals surface area contributed by atoms with Crippen molar-refractivity contribution in [2.45, 2.75) is 0 Å². The molecule has 0 saturated carbocycles. The van der Waals surface area contributed by atoms with Crippen LogP contribution in [0.3, 0.4) is 0 Å². The van der Waals surface area contributed by atoms with Gasteiger partial charge >= 0.3 is 0 Å². The van der Waals surface area contributed by atoms with Crippen LogP contribution in [0.4, 0.5) is 0 Å². The fraction of sp³-hybridized carbons (Fsp3) is 0. The van der Waals surface area contributed by atoms with Gasteiger partial charge in [0.1, 0.15) is 11.2 Å². The molecular weight excluding hydrogens is 215 g/mol. The molecule has 1 aromatic heterocycles. The predicted molar refractivity (Wildman–Crippen MR) is 41.7 cm³/mol. The fourth-order valence-corrected chi connectivity index (χ4v) is 0.954. The molecule has 10 heavy (non-hydrogen) atoms. The lowest BCUT2D eigenvalue weighted by atomic mass is 10.4. The van der Waals surface area contributed by atoms with Gasteiger partial charge < -0.3 is 0 Å². The topological polar surface area (TPSA) is 36.7 Å². The summed E-state index contributed by atoms with van der Waals surface area (Å²) in [7, 11) is 0. The monoisotopic (exact) mass is 216 g/mol. The van der Waals surface area contributed by atoms with E-state index in [1.54, 1.807) is 12.1 Å². The highest BCUT2D eigenvalue weighted by molar-refractivity contribution is 9.10. The van der Waals surface area contributed by atoms with Gasteiger partial charge in [-0.3, -0.25) is 0 Å². The minimum Gasteiger partial charge on any atom is -0.224 e. The Kier molecular flexibility index (Phi) is 2.25. The zero-order valence-corrected chi connectivity index (χ0v) is 7.15. The van der Waals surface area contributed by atoms with Crippen molar-refractivity contribution in [2.24, 2.45) is 0 Å². The largest absolute Gasteiger partial charge is 0.224 e. The van der Waals surface area contributed by atoms with Gasteiger partial charge in [0.25, 0.3) is 0 Å². The SMILES string of the molecule is N#Cc1nc(Cl)ccc1Br. The van der Waals surface area contributed by atoms with Gasteiger partial charge in [-0.1, -0.05) is 11.6 Å². The molecule has 0 aliphatic rings. The molecule has 1 aromatic rings. The molecule has 0 spiro atoms. The quantitative estimate of drug-likeness (QED) is 0.626. The summed E-state index contributed by atoms with van der Waals surface area (Å²) in [5.74, 6) is 0. The molecule has 0 aromatic carbocycles. The molecule has 0 saturated heterocycles. The van der Waals surface area contributed by atoms with E-state index in [9.17, 15) is 0 Å². The minimum absolute atomic E-state index is 0.313. The van der Waals surface area contributed by atoms with Gasteiger partial charge in [-0.15, -0.1) is 0 Å². The Balaban J connectivity index is 3.25. The number of nitrogens with zero attached hydrogens (tertiary/aromatic N) is 2. The number of aromatic nitrogens is 1. The fourth-order valence-electron chi connectivity index (χ4n) is 0.497. The van der Waals surface area contributed by atoms with Crippen molar-refractivity contribution in [3.63, 3.8) is 0 Å². The summed E-state index contributed by atoms with van der Waals surface area (Å²) in [5, 5.41) is 8.77. The van der Waals surface area contributed by atoms with Gasteiger partial charge in [0.05, 0.1) is 4.47 Å². The molecular formula is C6H2BrClN2. The molecule has 0 atom stereocenters. The second-order valence-electron chi connectivity index (χ2n) is 1.58. The van der Waals surface area contributed by atoms with E-state index in [0.29, 0.717) is 15.3 Å². The van der Waals surface area contributed by atoms with Gasteiger partial charge in [-0.25, -0.2) is 4.98 Å². The maximum atomic E-state index is 8.44. The molecule has 50 valence electrons. The standard InChI is InChI=1S/C6H2BrClN2/c7-4-1-2-6(8)10-5(4)3-9/h1-2H. The Morgan fingerprint density at radius 1 is 1.60 bits per heavy atom. The van der Waals surface area contributed by atoms with Crippen LogP contribution in [0.15, 0.2) is 16.6 Å². The third-order valence-corrected chi connectivity index (χ3v) is 1.77. The first-order chi connectivity index (χ1) is 4.74.